The zero-order valence-electron chi connectivity index (χ0n) is 9.63. The highest BCUT2D eigenvalue weighted by atomic mass is 32.3. The van der Waals surface area contributed by atoms with Crippen LogP contribution in [-0.4, -0.2) is 74.0 Å². The summed E-state index contributed by atoms with van der Waals surface area (Å²) in [5.74, 6) is 0. The van der Waals surface area contributed by atoms with Crippen molar-refractivity contribution in [3.8, 4) is 0 Å². The Balaban J connectivity index is 4.56. The third-order valence-electron chi connectivity index (χ3n) is 1.85. The van der Waals surface area contributed by atoms with Gasteiger partial charge in [0.15, 0.2) is 0 Å². The summed E-state index contributed by atoms with van der Waals surface area (Å²) in [7, 11) is -10.6. The number of hydrogen-bond acceptors (Lipinski definition) is 11. The minimum absolute atomic E-state index is 0.0691. The second-order valence-corrected chi connectivity index (χ2v) is 5.90. The fraction of sp³-hybridized carbons (Fsp3) is 0.833. The van der Waals surface area contributed by atoms with E-state index in [-0.39, 0.29) is 6.29 Å². The Labute approximate surface area is 114 Å². The number of rotatable bonds is 9. The third-order valence-corrected chi connectivity index (χ3v) is 3.63. The molecule has 0 aliphatic carbocycles. The number of aliphatic hydroxyl groups is 3. The van der Waals surface area contributed by atoms with Crippen LogP contribution >= 0.6 is 0 Å². The maximum Gasteiger partial charge on any atom is 0.416 e. The van der Waals surface area contributed by atoms with E-state index in [0.29, 0.717) is 0 Å². The summed E-state index contributed by atoms with van der Waals surface area (Å²) in [5.41, 5.74) is 5.04. The van der Waals surface area contributed by atoms with Crippen LogP contribution in [0.15, 0.2) is 0 Å². The number of hydrogen-bond donors (Lipinski definition) is 5. The van der Waals surface area contributed by atoms with Crippen LogP contribution in [0.4, 0.5) is 0 Å². The average molecular weight is 339 g/mol. The van der Waals surface area contributed by atoms with Crippen molar-refractivity contribution in [1.82, 2.24) is 0 Å². The van der Waals surface area contributed by atoms with E-state index in [1.165, 1.54) is 0 Å². The van der Waals surface area contributed by atoms with Gasteiger partial charge in [0.1, 0.15) is 24.6 Å². The summed E-state index contributed by atoms with van der Waals surface area (Å²) in [4.78, 5) is 10.2. The van der Waals surface area contributed by atoms with Gasteiger partial charge in [0.05, 0.1) is 12.6 Å². The van der Waals surface area contributed by atoms with Gasteiger partial charge in [0, 0.05) is 0 Å². The zero-order valence-corrected chi connectivity index (χ0v) is 11.3. The molecule has 12 nitrogen and oxygen atoms in total. The lowest BCUT2D eigenvalue weighted by atomic mass is 10.0. The molecule has 0 aromatic carbocycles. The normalized spacial score (nSPS) is 19.1. The SMILES string of the molecule is N[C@@H](C=O)[C@@H](O)[C@@H](O)[C@H](O)COS(=O)(=O)OS(=O)(=O)O. The maximum atomic E-state index is 10.8. The van der Waals surface area contributed by atoms with Crippen LogP contribution in [0.2, 0.25) is 0 Å². The van der Waals surface area contributed by atoms with E-state index in [1.807, 2.05) is 0 Å². The van der Waals surface area contributed by atoms with Crippen LogP contribution in [0.3, 0.4) is 0 Å². The van der Waals surface area contributed by atoms with Crippen LogP contribution in [0.5, 0.6) is 0 Å². The van der Waals surface area contributed by atoms with E-state index < -0.39 is 51.8 Å². The highest BCUT2D eigenvalue weighted by Gasteiger charge is 2.31. The Kier molecular flexibility index (Phi) is 7.08. The molecule has 4 atom stereocenters. The minimum Gasteiger partial charge on any atom is -0.388 e. The first kappa shape index (κ1) is 19.3. The number of carbonyl (C=O) groups is 1. The van der Waals surface area contributed by atoms with Crippen LogP contribution in [0.1, 0.15) is 0 Å². The largest absolute Gasteiger partial charge is 0.416 e. The second-order valence-electron chi connectivity index (χ2n) is 3.45. The van der Waals surface area contributed by atoms with E-state index in [9.17, 15) is 36.9 Å². The number of nitrogens with two attached hydrogens (primary N) is 1. The number of aldehydes is 1. The third kappa shape index (κ3) is 7.17. The molecule has 0 aliphatic rings. The first-order chi connectivity index (χ1) is 8.89. The molecule has 0 unspecified atom stereocenters. The fourth-order valence-corrected chi connectivity index (χ4v) is 2.22. The fourth-order valence-electron chi connectivity index (χ4n) is 0.912. The quantitative estimate of drug-likeness (QED) is 0.199. The van der Waals surface area contributed by atoms with Crippen LogP contribution in [0, 0.1) is 0 Å². The Morgan fingerprint density at radius 2 is 1.60 bits per heavy atom. The monoisotopic (exact) mass is 339 g/mol. The van der Waals surface area contributed by atoms with Gasteiger partial charge < -0.3 is 25.8 Å². The Morgan fingerprint density at radius 3 is 2.00 bits per heavy atom. The first-order valence-electron chi connectivity index (χ1n) is 4.72. The molecule has 0 bridgehead atoms. The van der Waals surface area contributed by atoms with Crippen LogP contribution < -0.4 is 5.73 Å². The van der Waals surface area contributed by atoms with Gasteiger partial charge in [-0.2, -0.15) is 16.8 Å². The maximum absolute atomic E-state index is 10.8. The number of carbonyl (C=O) groups excluding carboxylic acids is 1. The minimum atomic E-state index is -5.36. The predicted molar refractivity (Wildman–Crippen MR) is 59.6 cm³/mol. The first-order valence-corrected chi connectivity index (χ1v) is 7.42. The molecule has 0 aliphatic heterocycles. The summed E-state index contributed by atoms with van der Waals surface area (Å²) in [5, 5.41) is 27.8. The molecule has 0 saturated heterocycles. The van der Waals surface area contributed by atoms with Crippen LogP contribution in [0.25, 0.3) is 0 Å². The summed E-state index contributed by atoms with van der Waals surface area (Å²) >= 11 is 0. The average Bonchev–Trinajstić information content (AvgIpc) is 2.30. The van der Waals surface area contributed by atoms with Gasteiger partial charge in [-0.15, -0.1) is 3.63 Å². The van der Waals surface area contributed by atoms with E-state index >= 15 is 0 Å². The topological polar surface area (TPSA) is 211 Å². The van der Waals surface area contributed by atoms with Gasteiger partial charge in [0.25, 0.3) is 0 Å². The summed E-state index contributed by atoms with van der Waals surface area (Å²) < 4.78 is 56.9. The smallest absolute Gasteiger partial charge is 0.388 e. The lowest BCUT2D eigenvalue weighted by molar-refractivity contribution is -0.117. The molecule has 120 valence electrons. The van der Waals surface area contributed by atoms with Crippen molar-refractivity contribution in [2.45, 2.75) is 24.4 Å². The lowest BCUT2D eigenvalue weighted by Crippen LogP contribution is -2.50. The molecule has 0 aromatic rings. The molecule has 0 fully saturated rings. The Morgan fingerprint density at radius 1 is 1.10 bits per heavy atom. The van der Waals surface area contributed by atoms with Crippen molar-refractivity contribution >= 4 is 27.1 Å². The molecule has 14 heteroatoms. The Bertz CT molecular complexity index is 513. The highest BCUT2D eigenvalue weighted by Crippen LogP contribution is 2.07. The molecule has 20 heavy (non-hydrogen) atoms. The van der Waals surface area contributed by atoms with E-state index in [1.54, 1.807) is 0 Å². The van der Waals surface area contributed by atoms with Crippen LogP contribution in [-0.2, 0) is 33.4 Å². The second kappa shape index (κ2) is 7.34. The van der Waals surface area contributed by atoms with Gasteiger partial charge >= 0.3 is 20.8 Å². The molecule has 0 aromatic heterocycles. The molecule has 0 saturated carbocycles. The lowest BCUT2D eigenvalue weighted by Gasteiger charge is -2.24. The van der Waals surface area contributed by atoms with E-state index in [0.717, 1.165) is 0 Å². The summed E-state index contributed by atoms with van der Waals surface area (Å²) in [6.45, 7) is -1.23. The molecule has 0 heterocycles. The molecule has 0 radical (unpaired) electrons. The Hall–Kier alpha value is -0.710. The molecule has 0 amide bonds. The van der Waals surface area contributed by atoms with E-state index in [4.69, 9.17) is 10.3 Å². The van der Waals surface area contributed by atoms with Gasteiger partial charge in [-0.3, -0.25) is 4.55 Å². The number of aliphatic hydroxyl groups excluding tert-OH is 3. The highest BCUT2D eigenvalue weighted by molar-refractivity contribution is 7.94. The van der Waals surface area contributed by atoms with Crippen molar-refractivity contribution in [3.63, 3.8) is 0 Å². The van der Waals surface area contributed by atoms with Crippen molar-refractivity contribution in [3.05, 3.63) is 0 Å². The molecular weight excluding hydrogens is 326 g/mol. The van der Waals surface area contributed by atoms with Crippen molar-refractivity contribution < 1.29 is 49.3 Å². The summed E-state index contributed by atoms with van der Waals surface area (Å²) in [6.07, 6.45) is -5.96. The molecular formula is C6H13NO11S2. The van der Waals surface area contributed by atoms with Gasteiger partial charge in [0.2, 0.25) is 0 Å². The zero-order chi connectivity index (χ0) is 16.1. The van der Waals surface area contributed by atoms with Crippen molar-refractivity contribution in [2.75, 3.05) is 6.61 Å². The molecule has 6 N–H and O–H groups in total. The van der Waals surface area contributed by atoms with E-state index in [2.05, 4.69) is 7.81 Å². The van der Waals surface area contributed by atoms with Crippen molar-refractivity contribution in [1.29, 1.82) is 0 Å². The predicted octanol–water partition coefficient (Wildman–Crippen LogP) is -4.32. The van der Waals surface area contributed by atoms with Gasteiger partial charge in [-0.1, -0.05) is 0 Å². The standard InChI is InChI=1S/C6H13NO11S2/c7-3(1-8)5(10)6(11)4(9)2-17-20(15,16)18-19(12,13)14/h1,3-6,9-11H,2,7H2,(H,12,13,14)/t3-,4+,5+,6-/m0/s1. The molecule has 0 rings (SSSR count). The summed E-state index contributed by atoms with van der Waals surface area (Å²) in [6, 6.07) is -1.55. The van der Waals surface area contributed by atoms with Crippen molar-refractivity contribution in [2.24, 2.45) is 5.73 Å². The van der Waals surface area contributed by atoms with Gasteiger partial charge in [-0.25, -0.2) is 4.18 Å². The van der Waals surface area contributed by atoms with Gasteiger partial charge in [-0.05, 0) is 0 Å². The molecule has 0 spiro atoms.